The van der Waals surface area contributed by atoms with Crippen LogP contribution in [-0.2, 0) is 22.2 Å². The van der Waals surface area contributed by atoms with E-state index in [0.29, 0.717) is 4.91 Å². The fraction of sp³-hybridized carbons (Fsp3) is 0.227. The molecule has 1 N–H and O–H groups in total. The number of hydrogen-bond acceptors (Lipinski definition) is 4. The Balaban J connectivity index is 1.53. The number of amides is 3. The molecule has 2 aromatic rings. The van der Waals surface area contributed by atoms with Crippen LogP contribution in [0, 0.1) is 6.92 Å². The zero-order valence-electron chi connectivity index (χ0n) is 16.5. The van der Waals surface area contributed by atoms with Crippen LogP contribution in [0.4, 0.5) is 18.0 Å². The highest BCUT2D eigenvalue weighted by molar-refractivity contribution is 8.18. The average molecular weight is 448 g/mol. The quantitative estimate of drug-likeness (QED) is 0.665. The summed E-state index contributed by atoms with van der Waals surface area (Å²) in [5.74, 6) is -0.941. The van der Waals surface area contributed by atoms with Gasteiger partial charge in [-0.2, -0.15) is 13.2 Å². The number of rotatable bonds is 6. The molecular formula is C22H19F3N2O3S. The highest BCUT2D eigenvalue weighted by Gasteiger charge is 2.34. The predicted molar refractivity (Wildman–Crippen MR) is 112 cm³/mol. The van der Waals surface area contributed by atoms with Crippen molar-refractivity contribution in [1.29, 1.82) is 0 Å². The van der Waals surface area contributed by atoms with Gasteiger partial charge in [0.05, 0.1) is 16.9 Å². The van der Waals surface area contributed by atoms with Crippen molar-refractivity contribution in [2.24, 2.45) is 0 Å². The van der Waals surface area contributed by atoms with Crippen LogP contribution in [0.5, 0.6) is 0 Å². The van der Waals surface area contributed by atoms with Crippen molar-refractivity contribution in [3.8, 4) is 0 Å². The van der Waals surface area contributed by atoms with Crippen LogP contribution in [0.25, 0.3) is 6.08 Å². The molecule has 1 heterocycles. The summed E-state index contributed by atoms with van der Waals surface area (Å²) in [7, 11) is 0. The largest absolute Gasteiger partial charge is 0.416 e. The molecule has 31 heavy (non-hydrogen) atoms. The van der Waals surface area contributed by atoms with Gasteiger partial charge in [-0.05, 0) is 42.0 Å². The number of carbonyl (C=O) groups is 3. The van der Waals surface area contributed by atoms with Crippen LogP contribution in [0.3, 0.4) is 0 Å². The molecule has 0 aliphatic carbocycles. The third kappa shape index (κ3) is 5.97. The summed E-state index contributed by atoms with van der Waals surface area (Å²) in [5, 5.41) is 2.10. The average Bonchev–Trinajstić information content (AvgIpc) is 2.96. The van der Waals surface area contributed by atoms with Crippen molar-refractivity contribution in [2.75, 3.05) is 13.1 Å². The van der Waals surface area contributed by atoms with Gasteiger partial charge in [0.2, 0.25) is 5.91 Å². The lowest BCUT2D eigenvalue weighted by Crippen LogP contribution is -2.37. The van der Waals surface area contributed by atoms with E-state index in [1.807, 2.05) is 31.2 Å². The maximum atomic E-state index is 12.8. The van der Waals surface area contributed by atoms with Crippen molar-refractivity contribution in [3.05, 3.63) is 75.7 Å². The summed E-state index contributed by atoms with van der Waals surface area (Å²) < 4.78 is 38.3. The predicted octanol–water partition coefficient (Wildman–Crippen LogP) is 4.41. The smallest absolute Gasteiger partial charge is 0.354 e. The van der Waals surface area contributed by atoms with Crippen LogP contribution in [-0.4, -0.2) is 35.0 Å². The van der Waals surface area contributed by atoms with Crippen molar-refractivity contribution in [3.63, 3.8) is 0 Å². The number of nitrogens with one attached hydrogen (secondary N) is 1. The van der Waals surface area contributed by atoms with E-state index >= 15 is 0 Å². The molecule has 0 aromatic heterocycles. The summed E-state index contributed by atoms with van der Waals surface area (Å²) in [5.41, 5.74) is 1.27. The molecule has 1 fully saturated rings. The van der Waals surface area contributed by atoms with Crippen LogP contribution in [0.15, 0.2) is 53.4 Å². The molecule has 1 aliphatic rings. The number of carbonyl (C=O) groups excluding carboxylic acids is 3. The zero-order valence-corrected chi connectivity index (χ0v) is 17.3. The molecule has 1 aliphatic heterocycles. The molecule has 0 radical (unpaired) electrons. The lowest BCUT2D eigenvalue weighted by Gasteiger charge is -2.13. The van der Waals surface area contributed by atoms with Gasteiger partial charge in [0.1, 0.15) is 0 Å². The van der Waals surface area contributed by atoms with Gasteiger partial charge in [-0.1, -0.05) is 48.0 Å². The van der Waals surface area contributed by atoms with E-state index in [2.05, 4.69) is 5.32 Å². The topological polar surface area (TPSA) is 66.5 Å². The Kier molecular flexibility index (Phi) is 6.84. The molecule has 3 amide bonds. The van der Waals surface area contributed by atoms with E-state index in [0.717, 1.165) is 39.9 Å². The number of thioether (sulfide) groups is 1. The number of nitrogens with zero attached hydrogens (tertiary/aromatic N) is 1. The maximum absolute atomic E-state index is 12.8. The highest BCUT2D eigenvalue weighted by atomic mass is 32.2. The lowest BCUT2D eigenvalue weighted by molar-refractivity contribution is -0.137. The van der Waals surface area contributed by atoms with E-state index < -0.39 is 28.8 Å². The number of imide groups is 1. The number of alkyl halides is 3. The fourth-order valence-corrected chi connectivity index (χ4v) is 3.78. The maximum Gasteiger partial charge on any atom is 0.416 e. The SMILES string of the molecule is Cc1ccc(/C=C2\SC(=O)N(CCNC(=O)Cc3cccc(C(F)(F)F)c3)C2=O)cc1. The molecule has 0 atom stereocenters. The summed E-state index contributed by atoms with van der Waals surface area (Å²) in [6.45, 7) is 1.93. The van der Waals surface area contributed by atoms with Gasteiger partial charge in [0, 0.05) is 13.1 Å². The summed E-state index contributed by atoms with van der Waals surface area (Å²) in [4.78, 5) is 38.0. The Bertz CT molecular complexity index is 1030. The van der Waals surface area contributed by atoms with E-state index in [9.17, 15) is 27.6 Å². The van der Waals surface area contributed by atoms with Gasteiger partial charge in [0.25, 0.3) is 11.1 Å². The monoisotopic (exact) mass is 448 g/mol. The Labute approximate surface area is 181 Å². The first-order valence-corrected chi connectivity index (χ1v) is 10.2. The third-order valence-corrected chi connectivity index (χ3v) is 5.43. The van der Waals surface area contributed by atoms with Crippen molar-refractivity contribution < 1.29 is 27.6 Å². The summed E-state index contributed by atoms with van der Waals surface area (Å²) in [6, 6.07) is 12.0. The molecule has 0 unspecified atom stereocenters. The second-order valence-electron chi connectivity index (χ2n) is 6.97. The standard InChI is InChI=1S/C22H19F3N2O3S/c1-14-5-7-15(8-6-14)12-18-20(29)27(21(30)31-18)10-9-26-19(28)13-16-3-2-4-17(11-16)22(23,24)25/h2-8,11-12H,9-10,13H2,1H3,(H,26,28)/b18-12-. The zero-order chi connectivity index (χ0) is 22.6. The molecule has 9 heteroatoms. The van der Waals surface area contributed by atoms with Crippen LogP contribution < -0.4 is 5.32 Å². The number of hydrogen-bond donors (Lipinski definition) is 1. The minimum absolute atomic E-state index is 0.00759. The van der Waals surface area contributed by atoms with E-state index in [4.69, 9.17) is 0 Å². The van der Waals surface area contributed by atoms with Gasteiger partial charge in [0.15, 0.2) is 0 Å². The summed E-state index contributed by atoms with van der Waals surface area (Å²) >= 11 is 0.825. The first kappa shape index (κ1) is 22.6. The van der Waals surface area contributed by atoms with Gasteiger partial charge in [-0.25, -0.2) is 0 Å². The molecule has 2 aromatic carbocycles. The van der Waals surface area contributed by atoms with E-state index in [1.54, 1.807) is 6.08 Å². The Morgan fingerprint density at radius 3 is 2.52 bits per heavy atom. The Hall–Kier alpha value is -3.07. The van der Waals surface area contributed by atoms with Crippen LogP contribution >= 0.6 is 11.8 Å². The molecule has 1 saturated heterocycles. The molecule has 5 nitrogen and oxygen atoms in total. The molecule has 0 saturated carbocycles. The Morgan fingerprint density at radius 2 is 1.84 bits per heavy atom. The second-order valence-corrected chi connectivity index (χ2v) is 7.96. The van der Waals surface area contributed by atoms with E-state index in [-0.39, 0.29) is 25.1 Å². The fourth-order valence-electron chi connectivity index (χ4n) is 2.92. The first-order chi connectivity index (χ1) is 14.6. The van der Waals surface area contributed by atoms with Crippen LogP contribution in [0.1, 0.15) is 22.3 Å². The minimum Gasteiger partial charge on any atom is -0.354 e. The normalized spacial score (nSPS) is 15.6. The molecular weight excluding hydrogens is 429 g/mol. The van der Waals surface area contributed by atoms with Crippen molar-refractivity contribution in [1.82, 2.24) is 10.2 Å². The highest BCUT2D eigenvalue weighted by Crippen LogP contribution is 2.32. The minimum atomic E-state index is -4.48. The second kappa shape index (κ2) is 9.38. The third-order valence-electron chi connectivity index (χ3n) is 4.53. The lowest BCUT2D eigenvalue weighted by atomic mass is 10.1. The van der Waals surface area contributed by atoms with E-state index in [1.165, 1.54) is 12.1 Å². The molecule has 0 spiro atoms. The molecule has 3 rings (SSSR count). The van der Waals surface area contributed by atoms with Crippen molar-refractivity contribution in [2.45, 2.75) is 19.5 Å². The van der Waals surface area contributed by atoms with Crippen molar-refractivity contribution >= 4 is 34.9 Å². The first-order valence-electron chi connectivity index (χ1n) is 9.38. The van der Waals surface area contributed by atoms with Gasteiger partial charge < -0.3 is 5.32 Å². The molecule has 0 bridgehead atoms. The number of benzene rings is 2. The molecule has 162 valence electrons. The number of aryl methyl sites for hydroxylation is 1. The van der Waals surface area contributed by atoms with Gasteiger partial charge >= 0.3 is 6.18 Å². The van der Waals surface area contributed by atoms with Crippen LogP contribution in [0.2, 0.25) is 0 Å². The van der Waals surface area contributed by atoms with Gasteiger partial charge in [-0.15, -0.1) is 0 Å². The Morgan fingerprint density at radius 1 is 1.13 bits per heavy atom. The van der Waals surface area contributed by atoms with Gasteiger partial charge in [-0.3, -0.25) is 19.3 Å². The summed E-state index contributed by atoms with van der Waals surface area (Å²) in [6.07, 6.45) is -3.08. The number of halogens is 3.